The van der Waals surface area contributed by atoms with Crippen LogP contribution >= 0.6 is 0 Å². The summed E-state index contributed by atoms with van der Waals surface area (Å²) in [5, 5.41) is 18.7. The van der Waals surface area contributed by atoms with Gasteiger partial charge >= 0.3 is 6.01 Å². The number of piperazine rings is 1. The van der Waals surface area contributed by atoms with E-state index in [1.54, 1.807) is 18.2 Å². The molecule has 4 aliphatic heterocycles. The summed E-state index contributed by atoms with van der Waals surface area (Å²) in [5.74, 6) is 1.43. The number of nitrogens with one attached hydrogen (secondary N) is 2. The smallest absolute Gasteiger partial charge is 0.319 e. The molecule has 5 aliphatic rings. The van der Waals surface area contributed by atoms with Gasteiger partial charge in [-0.25, -0.2) is 8.78 Å². The molecule has 9 nitrogen and oxygen atoms in total. The average molecular weight is 665 g/mol. The number of nitrogens with zero attached hydrogens (tertiary/aromatic N) is 4. The molecule has 11 heteroatoms. The first-order valence-corrected chi connectivity index (χ1v) is 17.3. The molecule has 1 spiro atoms. The summed E-state index contributed by atoms with van der Waals surface area (Å²) in [6.07, 6.45) is 12.3. The van der Waals surface area contributed by atoms with Crippen molar-refractivity contribution in [1.82, 2.24) is 25.5 Å². The molecule has 1 aromatic heterocycles. The topological polar surface area (TPSA) is 103 Å². The van der Waals surface area contributed by atoms with Crippen molar-refractivity contribution in [2.45, 2.75) is 62.6 Å². The number of rotatable bonds is 7. The molecule has 1 saturated carbocycles. The third-order valence-corrected chi connectivity index (χ3v) is 11.4. The van der Waals surface area contributed by atoms with Crippen LogP contribution in [0.15, 0.2) is 36.4 Å². The largest absolute Gasteiger partial charge is 0.508 e. The number of terminal acetylenes is 1. The fourth-order valence-electron chi connectivity index (χ4n) is 8.80. The van der Waals surface area contributed by atoms with Crippen LogP contribution in [0, 0.1) is 29.4 Å². The Morgan fingerprint density at radius 2 is 1.90 bits per heavy atom. The number of ether oxygens (including phenoxy) is 1. The lowest BCUT2D eigenvalue weighted by atomic mass is 9.93. The molecule has 1 amide bonds. The van der Waals surface area contributed by atoms with Gasteiger partial charge in [-0.2, -0.15) is 9.97 Å². The monoisotopic (exact) mass is 664 g/mol. The van der Waals surface area contributed by atoms with E-state index >= 15 is 8.78 Å². The first-order chi connectivity index (χ1) is 23.7. The quantitative estimate of drug-likeness (QED) is 0.241. The Labute approximate surface area is 283 Å². The zero-order valence-electron chi connectivity index (χ0n) is 27.2. The summed E-state index contributed by atoms with van der Waals surface area (Å²) in [4.78, 5) is 25.9. The van der Waals surface area contributed by atoms with Crippen molar-refractivity contribution in [3.63, 3.8) is 0 Å². The van der Waals surface area contributed by atoms with Gasteiger partial charge in [-0.1, -0.05) is 18.1 Å². The van der Waals surface area contributed by atoms with E-state index in [-0.39, 0.29) is 62.7 Å². The molecule has 1 aliphatic carbocycles. The first-order valence-electron chi connectivity index (χ1n) is 17.3. The second-order valence-corrected chi connectivity index (χ2v) is 14.9. The Morgan fingerprint density at radius 3 is 2.63 bits per heavy atom. The Morgan fingerprint density at radius 1 is 1.08 bits per heavy atom. The predicted octanol–water partition coefficient (Wildman–Crippen LogP) is 4.87. The van der Waals surface area contributed by atoms with E-state index in [9.17, 15) is 9.90 Å². The number of benzene rings is 3. The number of aromatic hydroxyl groups is 1. The van der Waals surface area contributed by atoms with Crippen molar-refractivity contribution in [2.75, 3.05) is 44.2 Å². The molecule has 3 aromatic carbocycles. The van der Waals surface area contributed by atoms with Crippen molar-refractivity contribution in [3.8, 4) is 35.2 Å². The molecular weight excluding hydrogens is 626 g/mol. The van der Waals surface area contributed by atoms with Crippen molar-refractivity contribution in [1.29, 1.82) is 0 Å². The molecule has 252 valence electrons. The van der Waals surface area contributed by atoms with E-state index in [0.717, 1.165) is 58.2 Å². The van der Waals surface area contributed by atoms with Crippen LogP contribution in [0.4, 0.5) is 14.6 Å². The van der Waals surface area contributed by atoms with Crippen molar-refractivity contribution in [3.05, 3.63) is 53.6 Å². The number of amides is 1. The Balaban J connectivity index is 1.09. The highest BCUT2D eigenvalue weighted by atomic mass is 19.1. The van der Waals surface area contributed by atoms with E-state index in [1.807, 2.05) is 0 Å². The minimum atomic E-state index is -0.859. The lowest BCUT2D eigenvalue weighted by molar-refractivity contribution is -0.119. The lowest BCUT2D eigenvalue weighted by Crippen LogP contribution is -2.51. The number of hydrogen-bond donors (Lipinski definition) is 3. The van der Waals surface area contributed by atoms with Crippen LogP contribution in [0.25, 0.3) is 32.8 Å². The van der Waals surface area contributed by atoms with Gasteiger partial charge in [0.25, 0.3) is 0 Å². The molecule has 3 atom stereocenters. The second kappa shape index (κ2) is 11.3. The summed E-state index contributed by atoms with van der Waals surface area (Å²) in [5.41, 5.74) is 0.0813. The van der Waals surface area contributed by atoms with Gasteiger partial charge in [0.15, 0.2) is 5.82 Å². The number of aromatic nitrogens is 2. The molecule has 3 N–H and O–H groups in total. The van der Waals surface area contributed by atoms with Crippen LogP contribution < -0.4 is 20.3 Å². The lowest BCUT2D eigenvalue weighted by Gasteiger charge is -2.34. The van der Waals surface area contributed by atoms with Gasteiger partial charge in [0, 0.05) is 78.5 Å². The maximum Gasteiger partial charge on any atom is 0.319 e. The first kappa shape index (κ1) is 30.5. The van der Waals surface area contributed by atoms with E-state index in [4.69, 9.17) is 16.1 Å². The van der Waals surface area contributed by atoms with Crippen LogP contribution in [-0.2, 0) is 4.79 Å². The molecule has 0 radical (unpaired) electrons. The summed E-state index contributed by atoms with van der Waals surface area (Å²) >= 11 is 0. The Hall–Kier alpha value is -4.53. The van der Waals surface area contributed by atoms with Gasteiger partial charge in [-0.15, -0.1) is 6.42 Å². The molecule has 4 saturated heterocycles. The van der Waals surface area contributed by atoms with Gasteiger partial charge < -0.3 is 30.3 Å². The number of phenols is 1. The number of carbonyl (C=O) groups is 1. The fourth-order valence-corrected chi connectivity index (χ4v) is 8.80. The summed E-state index contributed by atoms with van der Waals surface area (Å²) in [6.45, 7) is 4.30. The van der Waals surface area contributed by atoms with Crippen molar-refractivity contribution >= 4 is 33.4 Å². The van der Waals surface area contributed by atoms with E-state index in [2.05, 4.69) is 31.3 Å². The van der Waals surface area contributed by atoms with Crippen LogP contribution in [-0.4, -0.2) is 82.8 Å². The normalized spacial score (nSPS) is 25.7. The maximum absolute atomic E-state index is 16.9. The molecule has 2 bridgehead atoms. The number of halogens is 2. The standard InChI is InChI=1S/C38H38F2N6O3/c1-2-22-4-3-5-23-14-26(47)15-27(31(22)23)32-29(39)16-28-34(33(32)40)42-36(43-35(28)46-17-24-6-7-25(18-46)41-24)49-21-37(10-11-37)19-45-13-12-38(20-45)9-8-30(48)44-38/h1,3-5,14-16,24-25,41,47H,6-13,17-21H2,(H,44,48). The van der Waals surface area contributed by atoms with E-state index in [1.165, 1.54) is 18.2 Å². The molecule has 3 unspecified atom stereocenters. The van der Waals surface area contributed by atoms with Crippen LogP contribution in [0.3, 0.4) is 0 Å². The zero-order chi connectivity index (χ0) is 33.5. The van der Waals surface area contributed by atoms with Gasteiger partial charge in [0.2, 0.25) is 5.91 Å². The van der Waals surface area contributed by atoms with Gasteiger partial charge in [0.1, 0.15) is 22.9 Å². The molecule has 4 aromatic rings. The van der Waals surface area contributed by atoms with Gasteiger partial charge in [-0.05, 0) is 68.2 Å². The Kier molecular flexibility index (Phi) is 7.01. The van der Waals surface area contributed by atoms with Crippen LogP contribution in [0.1, 0.15) is 50.5 Å². The summed E-state index contributed by atoms with van der Waals surface area (Å²) in [7, 11) is 0. The third kappa shape index (κ3) is 5.33. The number of likely N-dealkylation sites (tertiary alicyclic amines) is 1. The molecule has 49 heavy (non-hydrogen) atoms. The van der Waals surface area contributed by atoms with Gasteiger partial charge in [-0.3, -0.25) is 4.79 Å². The third-order valence-electron chi connectivity index (χ3n) is 11.4. The van der Waals surface area contributed by atoms with Crippen molar-refractivity contribution < 1.29 is 23.4 Å². The van der Waals surface area contributed by atoms with Gasteiger partial charge in [0.05, 0.1) is 17.7 Å². The van der Waals surface area contributed by atoms with E-state index in [0.29, 0.717) is 48.3 Å². The highest BCUT2D eigenvalue weighted by molar-refractivity contribution is 6.04. The minimum absolute atomic E-state index is 0.0414. The number of carbonyl (C=O) groups excluding carboxylic acids is 1. The van der Waals surface area contributed by atoms with Crippen molar-refractivity contribution in [2.24, 2.45) is 5.41 Å². The second-order valence-electron chi connectivity index (χ2n) is 14.9. The maximum atomic E-state index is 16.9. The number of hydrogen-bond acceptors (Lipinski definition) is 8. The van der Waals surface area contributed by atoms with E-state index < -0.39 is 11.6 Å². The molecule has 5 fully saturated rings. The number of phenolic OH excluding ortho intramolecular Hbond substituents is 1. The SMILES string of the molecule is C#Cc1cccc2cc(O)cc(-c3c(F)cc4c(N5CC6CCC(C5)N6)nc(OCC5(CN6CCC7(CCC(=O)N7)C6)CC5)nc4c3F)c12. The summed E-state index contributed by atoms with van der Waals surface area (Å²) < 4.78 is 39.6. The summed E-state index contributed by atoms with van der Waals surface area (Å²) in [6, 6.07) is 9.99. The zero-order valence-corrected chi connectivity index (χ0v) is 27.2. The van der Waals surface area contributed by atoms with Crippen LogP contribution in [0.2, 0.25) is 0 Å². The fraction of sp³-hybridized carbons (Fsp3) is 0.447. The highest BCUT2D eigenvalue weighted by Gasteiger charge is 2.49. The average Bonchev–Trinajstić information content (AvgIpc) is 3.39. The minimum Gasteiger partial charge on any atom is -0.508 e. The number of fused-ring (bicyclic) bond motifs is 4. The molecule has 5 heterocycles. The molecular formula is C38H38F2N6O3. The Bertz CT molecular complexity index is 2070. The number of anilines is 1. The molecule has 9 rings (SSSR count). The highest BCUT2D eigenvalue weighted by Crippen LogP contribution is 2.48. The van der Waals surface area contributed by atoms with Crippen LogP contribution in [0.5, 0.6) is 11.8 Å². The predicted molar refractivity (Wildman–Crippen MR) is 182 cm³/mol.